The summed E-state index contributed by atoms with van der Waals surface area (Å²) in [5, 5.41) is 0.838. The molecule has 0 N–H and O–H groups in total. The van der Waals surface area contributed by atoms with E-state index in [1.807, 2.05) is 26.8 Å². The van der Waals surface area contributed by atoms with Crippen LogP contribution in [0, 0.1) is 12.8 Å². The van der Waals surface area contributed by atoms with Gasteiger partial charge in [-0.2, -0.15) is 0 Å². The van der Waals surface area contributed by atoms with Gasteiger partial charge in [0.15, 0.2) is 6.10 Å². The smallest absolute Gasteiger partial charge is 0.347 e. The highest BCUT2D eigenvalue weighted by Crippen LogP contribution is 2.24. The number of methoxy groups -OCH3 is 1. The van der Waals surface area contributed by atoms with Gasteiger partial charge in [-0.25, -0.2) is 9.59 Å². The van der Waals surface area contributed by atoms with Crippen molar-refractivity contribution in [1.82, 2.24) is 0 Å². The molecule has 22 heavy (non-hydrogen) atoms. The van der Waals surface area contributed by atoms with Crippen LogP contribution in [0.3, 0.4) is 0 Å². The van der Waals surface area contributed by atoms with E-state index >= 15 is 0 Å². The molecule has 0 amide bonds. The Kier molecular flexibility index (Phi) is 4.85. The summed E-state index contributed by atoms with van der Waals surface area (Å²) < 4.78 is 15.7. The number of esters is 1. The van der Waals surface area contributed by atoms with Crippen molar-refractivity contribution in [3.05, 3.63) is 40.2 Å². The molecule has 1 heterocycles. The highest BCUT2D eigenvalue weighted by Gasteiger charge is 2.22. The van der Waals surface area contributed by atoms with Crippen LogP contribution in [0.25, 0.3) is 11.0 Å². The molecule has 0 aliphatic carbocycles. The van der Waals surface area contributed by atoms with Crippen LogP contribution in [0.5, 0.6) is 5.75 Å². The second kappa shape index (κ2) is 6.64. The molecule has 0 saturated carbocycles. The Morgan fingerprint density at radius 2 is 2.00 bits per heavy atom. The molecule has 2 aromatic rings. The van der Waals surface area contributed by atoms with E-state index in [1.165, 1.54) is 13.2 Å². The summed E-state index contributed by atoms with van der Waals surface area (Å²) in [4.78, 5) is 23.3. The molecule has 0 radical (unpaired) electrons. The largest absolute Gasteiger partial charge is 0.479 e. The molecule has 0 unspecified atom stereocenters. The number of hydrogen-bond acceptors (Lipinski definition) is 5. The van der Waals surface area contributed by atoms with Crippen molar-refractivity contribution in [2.24, 2.45) is 5.92 Å². The average molecular weight is 304 g/mol. The van der Waals surface area contributed by atoms with Gasteiger partial charge < -0.3 is 13.9 Å². The van der Waals surface area contributed by atoms with Gasteiger partial charge in [0.2, 0.25) is 0 Å². The molecule has 1 aromatic heterocycles. The summed E-state index contributed by atoms with van der Waals surface area (Å²) in [5.41, 5.74) is 0.869. The normalized spacial score (nSPS) is 12.4. The van der Waals surface area contributed by atoms with Crippen LogP contribution in [0.15, 0.2) is 33.5 Å². The molecule has 0 saturated heterocycles. The molecule has 1 atom stereocenters. The van der Waals surface area contributed by atoms with Gasteiger partial charge in [0.1, 0.15) is 11.3 Å². The number of aryl methyl sites for hydroxylation is 1. The first-order valence-corrected chi connectivity index (χ1v) is 7.19. The molecular weight excluding hydrogens is 284 g/mol. The maximum atomic E-state index is 11.8. The van der Waals surface area contributed by atoms with E-state index in [9.17, 15) is 9.59 Å². The summed E-state index contributed by atoms with van der Waals surface area (Å²) >= 11 is 0. The van der Waals surface area contributed by atoms with E-state index in [0.29, 0.717) is 17.8 Å². The van der Waals surface area contributed by atoms with Crippen molar-refractivity contribution in [3.8, 4) is 5.75 Å². The lowest BCUT2D eigenvalue weighted by molar-refractivity contribution is -0.149. The van der Waals surface area contributed by atoms with Crippen molar-refractivity contribution in [2.75, 3.05) is 7.11 Å². The van der Waals surface area contributed by atoms with Gasteiger partial charge in [0.05, 0.1) is 7.11 Å². The quantitative estimate of drug-likeness (QED) is 0.627. The zero-order valence-electron chi connectivity index (χ0n) is 13.2. The van der Waals surface area contributed by atoms with E-state index in [1.54, 1.807) is 12.1 Å². The Balaban J connectivity index is 2.33. The molecule has 5 heteroatoms. The molecule has 0 aliphatic rings. The van der Waals surface area contributed by atoms with Crippen molar-refractivity contribution >= 4 is 16.9 Å². The Hall–Kier alpha value is -2.30. The number of fused-ring (bicyclic) bond motifs is 1. The fraction of sp³-hybridized carbons (Fsp3) is 0.412. The first-order chi connectivity index (χ1) is 10.4. The second-order valence-electron chi connectivity index (χ2n) is 5.67. The first kappa shape index (κ1) is 16.1. The Bertz CT molecular complexity index is 729. The van der Waals surface area contributed by atoms with E-state index in [2.05, 4.69) is 0 Å². The molecule has 0 aliphatic heterocycles. The lowest BCUT2D eigenvalue weighted by Crippen LogP contribution is -2.30. The minimum absolute atomic E-state index is 0.282. The van der Waals surface area contributed by atoms with Gasteiger partial charge in [0.25, 0.3) is 0 Å². The fourth-order valence-corrected chi connectivity index (χ4v) is 2.29. The zero-order valence-corrected chi connectivity index (χ0v) is 13.2. The summed E-state index contributed by atoms with van der Waals surface area (Å²) in [7, 11) is 1.34. The summed E-state index contributed by atoms with van der Waals surface area (Å²) in [6, 6.07) is 6.64. The van der Waals surface area contributed by atoms with Gasteiger partial charge in [-0.3, -0.25) is 0 Å². The van der Waals surface area contributed by atoms with E-state index in [0.717, 1.165) is 10.9 Å². The van der Waals surface area contributed by atoms with Gasteiger partial charge in [-0.15, -0.1) is 0 Å². The van der Waals surface area contributed by atoms with Crippen molar-refractivity contribution in [2.45, 2.75) is 33.3 Å². The summed E-state index contributed by atoms with van der Waals surface area (Å²) in [5.74, 6) is 0.335. The van der Waals surface area contributed by atoms with E-state index in [-0.39, 0.29) is 5.92 Å². The SMILES string of the molecule is COC(=O)[C@@H](CC(C)C)Oc1ccc2c(C)cc(=O)oc2c1. The number of carbonyl (C=O) groups is 1. The average Bonchev–Trinajstić information content (AvgIpc) is 2.44. The second-order valence-corrected chi connectivity index (χ2v) is 5.67. The molecular formula is C17H20O5. The summed E-state index contributed by atoms with van der Waals surface area (Å²) in [6.07, 6.45) is -0.137. The predicted octanol–water partition coefficient (Wildman–Crippen LogP) is 3.07. The topological polar surface area (TPSA) is 65.7 Å². The molecule has 5 nitrogen and oxygen atoms in total. The molecule has 1 aromatic carbocycles. The van der Waals surface area contributed by atoms with Crippen LogP contribution in [0.4, 0.5) is 0 Å². The third kappa shape index (κ3) is 3.67. The lowest BCUT2D eigenvalue weighted by Gasteiger charge is -2.18. The number of hydrogen-bond donors (Lipinski definition) is 0. The number of rotatable bonds is 5. The Morgan fingerprint density at radius 1 is 1.27 bits per heavy atom. The molecule has 2 rings (SSSR count). The van der Waals surface area contributed by atoms with Gasteiger partial charge in [-0.1, -0.05) is 13.8 Å². The van der Waals surface area contributed by atoms with Crippen molar-refractivity contribution < 1.29 is 18.7 Å². The third-order valence-electron chi connectivity index (χ3n) is 3.35. The maximum Gasteiger partial charge on any atom is 0.347 e. The Morgan fingerprint density at radius 3 is 2.64 bits per heavy atom. The van der Waals surface area contributed by atoms with Gasteiger partial charge in [-0.05, 0) is 37.0 Å². The molecule has 118 valence electrons. The number of ether oxygens (including phenoxy) is 2. The van der Waals surface area contributed by atoms with Crippen LogP contribution in [-0.2, 0) is 9.53 Å². The van der Waals surface area contributed by atoms with Crippen molar-refractivity contribution in [1.29, 1.82) is 0 Å². The van der Waals surface area contributed by atoms with Gasteiger partial charge in [0, 0.05) is 17.5 Å². The van der Waals surface area contributed by atoms with Crippen LogP contribution < -0.4 is 10.4 Å². The molecule has 0 fully saturated rings. The van der Waals surface area contributed by atoms with E-state index < -0.39 is 17.7 Å². The number of carbonyl (C=O) groups excluding carboxylic acids is 1. The minimum atomic E-state index is -0.681. The van der Waals surface area contributed by atoms with Crippen LogP contribution in [0.1, 0.15) is 25.8 Å². The van der Waals surface area contributed by atoms with Crippen molar-refractivity contribution in [3.63, 3.8) is 0 Å². The van der Waals surface area contributed by atoms with Crippen LogP contribution in [-0.4, -0.2) is 19.2 Å². The van der Waals surface area contributed by atoms with Crippen LogP contribution >= 0.6 is 0 Å². The highest BCUT2D eigenvalue weighted by molar-refractivity contribution is 5.81. The molecule has 0 spiro atoms. The maximum absolute atomic E-state index is 11.8. The zero-order chi connectivity index (χ0) is 16.3. The van der Waals surface area contributed by atoms with E-state index in [4.69, 9.17) is 13.9 Å². The number of benzene rings is 1. The van der Waals surface area contributed by atoms with Gasteiger partial charge >= 0.3 is 11.6 Å². The van der Waals surface area contributed by atoms with Crippen LogP contribution in [0.2, 0.25) is 0 Å². The third-order valence-corrected chi connectivity index (χ3v) is 3.35. The highest BCUT2D eigenvalue weighted by atomic mass is 16.6. The first-order valence-electron chi connectivity index (χ1n) is 7.19. The Labute approximate surface area is 128 Å². The standard InChI is InChI=1S/C17H20O5/c1-10(2)7-15(17(19)20-4)21-12-5-6-13-11(3)8-16(18)22-14(13)9-12/h5-6,8-10,15H,7H2,1-4H3/t15-/m1/s1. The minimum Gasteiger partial charge on any atom is -0.479 e. The lowest BCUT2D eigenvalue weighted by atomic mass is 10.1. The molecule has 0 bridgehead atoms. The predicted molar refractivity (Wildman–Crippen MR) is 83.1 cm³/mol. The monoisotopic (exact) mass is 304 g/mol. The summed E-state index contributed by atoms with van der Waals surface area (Å²) in [6.45, 7) is 5.85. The fourth-order valence-electron chi connectivity index (χ4n) is 2.29.